The Morgan fingerprint density at radius 3 is 2.39 bits per heavy atom. The first kappa shape index (κ1) is 31.5. The molecule has 0 atom stereocenters. The number of hydrogen-bond donors (Lipinski definition) is 0. The summed E-state index contributed by atoms with van der Waals surface area (Å²) in [6.45, 7) is 8.90. The van der Waals surface area contributed by atoms with E-state index in [-0.39, 0.29) is 31.2 Å². The molecule has 1 radical (unpaired) electrons. The first-order chi connectivity index (χ1) is 22.5. The van der Waals surface area contributed by atoms with Crippen molar-refractivity contribution in [2.24, 2.45) is 11.3 Å². The van der Waals surface area contributed by atoms with E-state index in [1.54, 1.807) is 16.7 Å². The van der Waals surface area contributed by atoms with Gasteiger partial charge >= 0.3 is 126 Å². The predicted octanol–water partition coefficient (Wildman–Crippen LogP) is 10.0. The molecule has 0 aliphatic heterocycles. The largest absolute Gasteiger partial charge is 0.486 e. The van der Waals surface area contributed by atoms with E-state index in [1.165, 1.54) is 17.2 Å². The number of rotatable bonds is 6. The van der Waals surface area contributed by atoms with Crippen LogP contribution in [-0.4, -0.2) is 28.2 Å². The number of benzene rings is 2. The summed E-state index contributed by atoms with van der Waals surface area (Å²) in [6, 6.07) is 28.0. The van der Waals surface area contributed by atoms with E-state index in [1.807, 2.05) is 36.4 Å². The van der Waals surface area contributed by atoms with Gasteiger partial charge < -0.3 is 9.40 Å². The van der Waals surface area contributed by atoms with E-state index in [2.05, 4.69) is 98.4 Å². The fraction of sp³-hybridized carbons (Fsp3) is 0.325. The molecule has 0 aliphatic carbocycles. The van der Waals surface area contributed by atoms with Gasteiger partial charge in [0, 0.05) is 41.5 Å². The van der Waals surface area contributed by atoms with Crippen molar-refractivity contribution in [3.8, 4) is 22.5 Å². The minimum absolute atomic E-state index is 0. The molecule has 46 heavy (non-hydrogen) atoms. The van der Waals surface area contributed by atoms with Crippen LogP contribution in [0.25, 0.3) is 44.6 Å². The topological polar surface area (TPSA) is 51.8 Å². The Morgan fingerprint density at radius 1 is 0.913 bits per heavy atom. The van der Waals surface area contributed by atoms with E-state index >= 15 is 0 Å². The molecular formula is C40H45GeIrN3O-2. The third-order valence-electron chi connectivity index (χ3n) is 7.52. The Balaban J connectivity index is 0.000000229. The van der Waals surface area contributed by atoms with Crippen LogP contribution in [0, 0.1) is 30.3 Å². The van der Waals surface area contributed by atoms with Crippen molar-refractivity contribution in [3.05, 3.63) is 108 Å². The quantitative estimate of drug-likeness (QED) is 0.124. The van der Waals surface area contributed by atoms with Crippen molar-refractivity contribution in [1.29, 1.82) is 0 Å². The summed E-state index contributed by atoms with van der Waals surface area (Å²) in [4.78, 5) is 13.4. The fourth-order valence-electron chi connectivity index (χ4n) is 5.63. The van der Waals surface area contributed by atoms with Gasteiger partial charge in [-0.2, -0.15) is 0 Å². The Bertz CT molecular complexity index is 2030. The molecule has 4 heterocycles. The molecule has 6 heteroatoms. The van der Waals surface area contributed by atoms with E-state index in [0.717, 1.165) is 46.1 Å². The number of fused-ring (bicyclic) bond motifs is 3. The zero-order valence-electron chi connectivity index (χ0n) is 31.1. The van der Waals surface area contributed by atoms with E-state index in [0.29, 0.717) is 17.2 Å². The molecule has 2 aromatic carbocycles. The first-order valence-corrected chi connectivity index (χ1v) is 23.0. The SMILES string of the molecule is CC(C)Cc1cc(-c2[c-]cccc2)nc[c]1[Ge]([CH3])([CH3])[CH3].[2H]C([2H])([2H])c1ccc2c(n1)oc1c(-c3cc(CC(C)(C)C)ccn3)[c-]ccc12.[Ir]. The minimum atomic E-state index is -2.27. The van der Waals surface area contributed by atoms with Crippen molar-refractivity contribution in [3.63, 3.8) is 0 Å². The van der Waals surface area contributed by atoms with Gasteiger partial charge in [0.15, 0.2) is 0 Å². The Kier molecular flexibility index (Phi) is 10.1. The number of pyridine rings is 3. The van der Waals surface area contributed by atoms with Crippen molar-refractivity contribution in [2.45, 2.75) is 71.6 Å². The Labute approximate surface area is 295 Å². The second kappa shape index (κ2) is 14.8. The van der Waals surface area contributed by atoms with Crippen LogP contribution in [-0.2, 0) is 32.9 Å². The summed E-state index contributed by atoms with van der Waals surface area (Å²) < 4.78 is 30.2. The van der Waals surface area contributed by atoms with Crippen LogP contribution in [0.5, 0.6) is 0 Å². The molecular weight excluding hydrogens is 803 g/mol. The fourth-order valence-corrected chi connectivity index (χ4v) is 8.96. The predicted molar refractivity (Wildman–Crippen MR) is 192 cm³/mol. The average molecular weight is 852 g/mol. The Hall–Kier alpha value is -3.12. The van der Waals surface area contributed by atoms with Gasteiger partial charge in [0.05, 0.1) is 5.58 Å². The molecule has 0 aliphatic rings. The smallest absolute Gasteiger partial charge is 0.216 e. The van der Waals surface area contributed by atoms with Crippen LogP contribution >= 0.6 is 0 Å². The zero-order valence-corrected chi connectivity index (χ0v) is 32.6. The van der Waals surface area contributed by atoms with Crippen molar-refractivity contribution in [2.75, 3.05) is 0 Å². The molecule has 0 saturated carbocycles. The standard InChI is InChI=1S/C22H21N2O.C18H24GeN.Ir/c1-14-8-9-17-16-6-5-7-18(20(16)25-21(17)24-14)19-12-15(10-11-23-19)13-22(2,3)4;1-14(2)11-16-12-18(15-9-7-6-8-10-15)20-13-17(16)19(3,4)5;/h5-6,8-12H,13H2,1-4H3;6-9,12-14H,11H2,1-5H3;/q2*-1;/i1D3;;. The van der Waals surface area contributed by atoms with Gasteiger partial charge in [0.1, 0.15) is 0 Å². The summed E-state index contributed by atoms with van der Waals surface area (Å²) in [7, 11) is 0. The third kappa shape index (κ3) is 8.82. The Morgan fingerprint density at radius 2 is 1.72 bits per heavy atom. The normalized spacial score (nSPS) is 13.0. The molecule has 0 bridgehead atoms. The number of hydrogen-bond acceptors (Lipinski definition) is 4. The third-order valence-corrected chi connectivity index (χ3v) is 11.9. The van der Waals surface area contributed by atoms with Crippen LogP contribution in [0.1, 0.15) is 55.6 Å². The second-order valence-electron chi connectivity index (χ2n) is 14.4. The molecule has 0 unspecified atom stereocenters. The molecule has 0 spiro atoms. The molecule has 4 nitrogen and oxygen atoms in total. The van der Waals surface area contributed by atoms with Gasteiger partial charge in [-0.15, -0.1) is 18.2 Å². The van der Waals surface area contributed by atoms with Crippen LogP contribution in [0.15, 0.2) is 83.5 Å². The van der Waals surface area contributed by atoms with E-state index in [4.69, 9.17) is 13.5 Å². The van der Waals surface area contributed by atoms with Gasteiger partial charge in [-0.1, -0.05) is 43.4 Å². The molecule has 0 amide bonds. The van der Waals surface area contributed by atoms with Gasteiger partial charge in [-0.25, -0.2) is 4.98 Å². The van der Waals surface area contributed by atoms with Gasteiger partial charge in [0.25, 0.3) is 0 Å². The molecule has 6 aromatic rings. The first-order valence-electron chi connectivity index (χ1n) is 17.2. The van der Waals surface area contributed by atoms with Gasteiger partial charge in [-0.3, -0.25) is 0 Å². The summed E-state index contributed by atoms with van der Waals surface area (Å²) >= 11 is -1.86. The van der Waals surface area contributed by atoms with Gasteiger partial charge in [-0.05, 0) is 42.6 Å². The van der Waals surface area contributed by atoms with Crippen molar-refractivity contribution >= 4 is 39.7 Å². The maximum Gasteiger partial charge on any atom is 0.216 e. The molecule has 4 aromatic heterocycles. The number of aryl methyl sites for hydroxylation is 1. The van der Waals surface area contributed by atoms with Crippen LogP contribution < -0.4 is 4.40 Å². The van der Waals surface area contributed by atoms with Crippen LogP contribution in [0.4, 0.5) is 0 Å². The summed E-state index contributed by atoms with van der Waals surface area (Å²) in [5.41, 5.74) is 7.49. The van der Waals surface area contributed by atoms with Crippen molar-refractivity contribution in [1.82, 2.24) is 15.0 Å². The maximum atomic E-state index is 7.57. The van der Waals surface area contributed by atoms with Crippen LogP contribution in [0.2, 0.25) is 17.3 Å². The minimum Gasteiger partial charge on any atom is -0.486 e. The molecule has 6 rings (SSSR count). The van der Waals surface area contributed by atoms with Gasteiger partial charge in [0.2, 0.25) is 5.71 Å². The maximum absolute atomic E-state index is 7.57. The summed E-state index contributed by atoms with van der Waals surface area (Å²) in [5.74, 6) is 7.99. The molecule has 241 valence electrons. The van der Waals surface area contributed by atoms with E-state index < -0.39 is 20.1 Å². The number of nitrogens with zero attached hydrogens (tertiary/aromatic N) is 3. The average Bonchev–Trinajstić information content (AvgIpc) is 3.38. The van der Waals surface area contributed by atoms with Crippen molar-refractivity contribution < 1.29 is 28.6 Å². The molecule has 0 fully saturated rings. The number of furan rings is 1. The van der Waals surface area contributed by atoms with E-state index in [9.17, 15) is 0 Å². The second-order valence-corrected chi connectivity index (χ2v) is 25.0. The number of aromatic nitrogens is 3. The molecule has 0 N–H and O–H groups in total. The molecule has 0 saturated heterocycles. The summed E-state index contributed by atoms with van der Waals surface area (Å²) in [6.07, 6.45) is 6.01. The monoisotopic (exact) mass is 853 g/mol. The summed E-state index contributed by atoms with van der Waals surface area (Å²) in [5, 5.41) is 1.65. The zero-order chi connectivity index (χ0) is 34.9. The van der Waals surface area contributed by atoms with Crippen LogP contribution in [0.3, 0.4) is 0 Å².